The van der Waals surface area contributed by atoms with Crippen LogP contribution < -0.4 is 10.6 Å². The van der Waals surface area contributed by atoms with Gasteiger partial charge in [0.2, 0.25) is 5.91 Å². The molecule has 2 N–H and O–H groups in total. The fourth-order valence-corrected chi connectivity index (χ4v) is 0.874. The Hall–Kier alpha value is -1.26. The molecule has 0 aliphatic carbocycles. The number of amides is 2. The van der Waals surface area contributed by atoms with Crippen molar-refractivity contribution in [1.29, 1.82) is 0 Å². The average Bonchev–Trinajstić information content (AvgIpc) is 2.23. The summed E-state index contributed by atoms with van der Waals surface area (Å²) >= 11 is 0. The molecule has 0 saturated carbocycles. The van der Waals surface area contributed by atoms with Crippen LogP contribution in [0.5, 0.6) is 0 Å². The molecule has 94 valence electrons. The number of nitrogens with one attached hydrogen (secondary N) is 2. The van der Waals surface area contributed by atoms with Gasteiger partial charge in [0.1, 0.15) is 6.54 Å². The molecule has 2 amide bonds. The second-order valence-electron chi connectivity index (χ2n) is 4.22. The first-order valence-electron chi connectivity index (χ1n) is 5.65. The van der Waals surface area contributed by atoms with Gasteiger partial charge in [-0.05, 0) is 19.3 Å². The summed E-state index contributed by atoms with van der Waals surface area (Å²) in [6.45, 7) is 8.11. The van der Waals surface area contributed by atoms with Gasteiger partial charge in [-0.15, -0.1) is 0 Å². The Labute approximate surface area is 96.9 Å². The number of rotatable bonds is 6. The van der Waals surface area contributed by atoms with E-state index in [1.54, 1.807) is 0 Å². The molecule has 0 aliphatic heterocycles. The summed E-state index contributed by atoms with van der Waals surface area (Å²) in [5.41, 5.74) is 0. The van der Waals surface area contributed by atoms with Gasteiger partial charge in [-0.25, -0.2) is 4.79 Å². The fourth-order valence-electron chi connectivity index (χ4n) is 0.874. The van der Waals surface area contributed by atoms with E-state index in [1.807, 2.05) is 27.7 Å². The van der Waals surface area contributed by atoms with Crippen LogP contribution in [-0.4, -0.2) is 31.2 Å². The topological polar surface area (TPSA) is 67.4 Å². The minimum absolute atomic E-state index is 0.0404. The molecule has 0 aromatic heterocycles. The molecular formula is C11H22N2O3. The van der Waals surface area contributed by atoms with Gasteiger partial charge in [0, 0.05) is 6.04 Å². The second-order valence-corrected chi connectivity index (χ2v) is 4.22. The van der Waals surface area contributed by atoms with Crippen molar-refractivity contribution in [3.05, 3.63) is 0 Å². The van der Waals surface area contributed by atoms with E-state index in [1.165, 1.54) is 0 Å². The minimum atomic E-state index is -0.548. The van der Waals surface area contributed by atoms with Crippen LogP contribution in [0.3, 0.4) is 0 Å². The predicted molar refractivity (Wildman–Crippen MR) is 62.1 cm³/mol. The summed E-state index contributed by atoms with van der Waals surface area (Å²) in [6.07, 6.45) is 0.316. The van der Waals surface area contributed by atoms with E-state index in [4.69, 9.17) is 4.74 Å². The average molecular weight is 230 g/mol. The molecule has 0 heterocycles. The molecule has 5 nitrogen and oxygen atoms in total. The maximum absolute atomic E-state index is 11.3. The minimum Gasteiger partial charge on any atom is -0.449 e. The highest BCUT2D eigenvalue weighted by atomic mass is 16.5. The molecular weight excluding hydrogens is 208 g/mol. The lowest BCUT2D eigenvalue weighted by atomic mass is 10.2. The summed E-state index contributed by atoms with van der Waals surface area (Å²) in [6, 6.07) is 0.126. The molecule has 0 unspecified atom stereocenters. The van der Waals surface area contributed by atoms with Gasteiger partial charge in [0.15, 0.2) is 0 Å². The highest BCUT2D eigenvalue weighted by molar-refractivity contribution is 5.82. The van der Waals surface area contributed by atoms with Crippen molar-refractivity contribution in [3.63, 3.8) is 0 Å². The summed E-state index contributed by atoms with van der Waals surface area (Å²) in [5, 5.41) is 5.13. The highest BCUT2D eigenvalue weighted by Crippen LogP contribution is 1.92. The maximum Gasteiger partial charge on any atom is 0.407 e. The van der Waals surface area contributed by atoms with Crippen LogP contribution in [0.25, 0.3) is 0 Å². The van der Waals surface area contributed by atoms with Crippen molar-refractivity contribution in [2.75, 3.05) is 13.2 Å². The molecule has 0 bridgehead atoms. The van der Waals surface area contributed by atoms with Crippen molar-refractivity contribution >= 4 is 12.0 Å². The van der Waals surface area contributed by atoms with Crippen LogP contribution in [0.1, 0.15) is 34.1 Å². The zero-order valence-electron chi connectivity index (χ0n) is 10.5. The number of carbonyl (C=O) groups excluding carboxylic acids is 2. The monoisotopic (exact) mass is 230 g/mol. The van der Waals surface area contributed by atoms with Gasteiger partial charge in [-0.2, -0.15) is 0 Å². The van der Waals surface area contributed by atoms with Gasteiger partial charge in [-0.1, -0.05) is 20.8 Å². The van der Waals surface area contributed by atoms with E-state index in [0.717, 1.165) is 6.42 Å². The molecule has 16 heavy (non-hydrogen) atoms. The Morgan fingerprint density at radius 3 is 2.38 bits per heavy atom. The first-order valence-corrected chi connectivity index (χ1v) is 5.65. The first kappa shape index (κ1) is 14.7. The molecule has 5 heteroatoms. The van der Waals surface area contributed by atoms with Crippen LogP contribution >= 0.6 is 0 Å². The first-order chi connectivity index (χ1) is 7.45. The third kappa shape index (κ3) is 8.08. The molecule has 0 saturated heterocycles. The van der Waals surface area contributed by atoms with E-state index < -0.39 is 6.09 Å². The Morgan fingerprint density at radius 2 is 1.88 bits per heavy atom. The zero-order valence-corrected chi connectivity index (χ0v) is 10.5. The number of ether oxygens (including phenoxy) is 1. The number of alkyl carbamates (subject to hydrolysis) is 1. The van der Waals surface area contributed by atoms with Crippen molar-refractivity contribution in [1.82, 2.24) is 10.6 Å². The molecule has 1 atom stereocenters. The largest absolute Gasteiger partial charge is 0.449 e. The number of hydrogen-bond donors (Lipinski definition) is 2. The van der Waals surface area contributed by atoms with Gasteiger partial charge < -0.3 is 15.4 Å². The molecule has 0 fully saturated rings. The lowest BCUT2D eigenvalue weighted by Gasteiger charge is -2.12. The van der Waals surface area contributed by atoms with E-state index in [9.17, 15) is 9.59 Å². The maximum atomic E-state index is 11.3. The van der Waals surface area contributed by atoms with Crippen molar-refractivity contribution in [2.24, 2.45) is 5.92 Å². The van der Waals surface area contributed by atoms with E-state index in [0.29, 0.717) is 12.5 Å². The van der Waals surface area contributed by atoms with Gasteiger partial charge in [-0.3, -0.25) is 4.79 Å². The summed E-state index contributed by atoms with van der Waals surface area (Å²) in [4.78, 5) is 22.4. The third-order valence-corrected chi connectivity index (χ3v) is 1.96. The van der Waals surface area contributed by atoms with Crippen LogP contribution in [0.15, 0.2) is 0 Å². The lowest BCUT2D eigenvalue weighted by Crippen LogP contribution is -2.40. The molecule has 0 aromatic carbocycles. The summed E-state index contributed by atoms with van der Waals surface area (Å²) in [7, 11) is 0. The molecule has 0 radical (unpaired) electrons. The van der Waals surface area contributed by atoms with E-state index in [-0.39, 0.29) is 18.5 Å². The molecule has 0 aliphatic rings. The zero-order chi connectivity index (χ0) is 12.6. The standard InChI is InChI=1S/C11H22N2O3/c1-5-9(4)13-10(14)6-12-11(15)16-7-8(2)3/h8-9H,5-7H2,1-4H3,(H,12,15)(H,13,14)/t9-/m1/s1. The van der Waals surface area contributed by atoms with Gasteiger partial charge in [0.25, 0.3) is 0 Å². The van der Waals surface area contributed by atoms with E-state index in [2.05, 4.69) is 10.6 Å². The molecule has 0 spiro atoms. The number of carbonyl (C=O) groups is 2. The second kappa shape index (κ2) is 7.96. The molecule has 0 rings (SSSR count). The quantitative estimate of drug-likeness (QED) is 0.722. The predicted octanol–water partition coefficient (Wildman–Crippen LogP) is 1.28. The van der Waals surface area contributed by atoms with Crippen molar-refractivity contribution < 1.29 is 14.3 Å². The highest BCUT2D eigenvalue weighted by Gasteiger charge is 2.08. The van der Waals surface area contributed by atoms with Crippen LogP contribution in [0.2, 0.25) is 0 Å². The van der Waals surface area contributed by atoms with Crippen LogP contribution in [-0.2, 0) is 9.53 Å². The van der Waals surface area contributed by atoms with E-state index >= 15 is 0 Å². The summed E-state index contributed by atoms with van der Waals surface area (Å²) in [5.74, 6) is 0.0931. The Kier molecular flexibility index (Phi) is 7.33. The Balaban J connectivity index is 3.63. The normalized spacial score (nSPS) is 12.1. The molecule has 0 aromatic rings. The summed E-state index contributed by atoms with van der Waals surface area (Å²) < 4.78 is 4.86. The lowest BCUT2D eigenvalue weighted by molar-refractivity contribution is -0.120. The van der Waals surface area contributed by atoms with Crippen LogP contribution in [0.4, 0.5) is 4.79 Å². The van der Waals surface area contributed by atoms with Crippen molar-refractivity contribution in [3.8, 4) is 0 Å². The number of hydrogen-bond acceptors (Lipinski definition) is 3. The third-order valence-electron chi connectivity index (χ3n) is 1.96. The Bertz CT molecular complexity index is 229. The SMILES string of the molecule is CC[C@@H](C)NC(=O)CNC(=O)OCC(C)C. The van der Waals surface area contributed by atoms with Gasteiger partial charge >= 0.3 is 6.09 Å². The van der Waals surface area contributed by atoms with Crippen molar-refractivity contribution in [2.45, 2.75) is 40.2 Å². The Morgan fingerprint density at radius 1 is 1.25 bits per heavy atom. The fraction of sp³-hybridized carbons (Fsp3) is 0.818. The smallest absolute Gasteiger partial charge is 0.407 e. The van der Waals surface area contributed by atoms with Gasteiger partial charge in [0.05, 0.1) is 6.61 Å². The van der Waals surface area contributed by atoms with Crippen LogP contribution in [0, 0.1) is 5.92 Å².